The van der Waals surface area contributed by atoms with Gasteiger partial charge in [0.25, 0.3) is 11.6 Å². The molecule has 13 heteroatoms. The maximum atomic E-state index is 12.5. The maximum absolute atomic E-state index is 12.5. The van der Waals surface area contributed by atoms with Crippen LogP contribution in [0.4, 0.5) is 11.6 Å². The average Bonchev–Trinajstić information content (AvgIpc) is 3.20. The normalized spacial score (nSPS) is 11.1. The summed E-state index contributed by atoms with van der Waals surface area (Å²) in [5.41, 5.74) is -0.272. The molecule has 1 aromatic heterocycles. The number of carbonyl (C=O) groups excluding carboxylic acids is 1. The van der Waals surface area contributed by atoms with E-state index in [1.165, 1.54) is 20.3 Å². The highest BCUT2D eigenvalue weighted by molar-refractivity contribution is 7.90. The summed E-state index contributed by atoms with van der Waals surface area (Å²) >= 11 is 0. The molecule has 162 valence electrons. The van der Waals surface area contributed by atoms with Gasteiger partial charge >= 0.3 is 0 Å². The van der Waals surface area contributed by atoms with Gasteiger partial charge in [-0.15, -0.1) is 5.10 Å². The van der Waals surface area contributed by atoms with Crippen LogP contribution in [0.25, 0.3) is 11.4 Å². The lowest BCUT2D eigenvalue weighted by Crippen LogP contribution is -2.14. The van der Waals surface area contributed by atoms with Crippen molar-refractivity contribution in [2.75, 3.05) is 25.8 Å². The van der Waals surface area contributed by atoms with Crippen molar-refractivity contribution in [3.8, 4) is 22.9 Å². The molecule has 2 N–H and O–H groups in total. The first-order valence-corrected chi connectivity index (χ1v) is 10.5. The van der Waals surface area contributed by atoms with Crippen molar-refractivity contribution in [2.45, 2.75) is 4.90 Å². The number of anilines is 1. The number of nitrogens with zero attached hydrogens (tertiary/aromatic N) is 3. The molecule has 0 bridgehead atoms. The highest BCUT2D eigenvalue weighted by Gasteiger charge is 2.24. The minimum Gasteiger partial charge on any atom is -0.497 e. The number of sulfone groups is 1. The van der Waals surface area contributed by atoms with E-state index >= 15 is 0 Å². The molecule has 0 saturated carbocycles. The Bertz CT molecular complexity index is 1270. The van der Waals surface area contributed by atoms with Crippen molar-refractivity contribution < 1.29 is 27.6 Å². The second-order valence-electron chi connectivity index (χ2n) is 6.24. The number of amides is 1. The number of rotatable bonds is 7. The SMILES string of the molecule is COc1ccc(-c2nc(NC(=O)c3ccc(S(C)(=O)=O)c([N+](=O)[O-])c3)n[nH]2)c(OC)c1. The number of methoxy groups -OCH3 is 2. The fraction of sp³-hybridized carbons (Fsp3) is 0.167. The largest absolute Gasteiger partial charge is 0.497 e. The molecular formula is C18H17N5O7S. The standard InChI is InChI=1S/C18H17N5O7S/c1-29-11-5-6-12(14(9-11)30-2)16-19-18(22-21-16)20-17(24)10-4-7-15(31(3,27)28)13(8-10)23(25)26/h4-9H,1-3H3,(H2,19,20,21,22,24). The van der Waals surface area contributed by atoms with Crippen LogP contribution in [0.15, 0.2) is 41.3 Å². The van der Waals surface area contributed by atoms with Gasteiger partial charge in [0.1, 0.15) is 16.4 Å². The van der Waals surface area contributed by atoms with Crippen LogP contribution in [0.5, 0.6) is 11.5 Å². The second-order valence-corrected chi connectivity index (χ2v) is 8.22. The van der Waals surface area contributed by atoms with E-state index < -0.39 is 31.3 Å². The molecule has 0 radical (unpaired) electrons. The molecule has 3 rings (SSSR count). The number of H-pyrrole nitrogens is 1. The lowest BCUT2D eigenvalue weighted by atomic mass is 10.2. The Kier molecular flexibility index (Phi) is 5.88. The van der Waals surface area contributed by atoms with Crippen molar-refractivity contribution in [1.82, 2.24) is 15.2 Å². The molecule has 0 spiro atoms. The fourth-order valence-corrected chi connectivity index (χ4v) is 3.55. The van der Waals surface area contributed by atoms with Crippen LogP contribution < -0.4 is 14.8 Å². The Labute approximate surface area is 176 Å². The summed E-state index contributed by atoms with van der Waals surface area (Å²) in [5.74, 6) is 0.490. The number of aromatic nitrogens is 3. The third-order valence-corrected chi connectivity index (χ3v) is 5.34. The van der Waals surface area contributed by atoms with Gasteiger partial charge in [-0.05, 0) is 24.3 Å². The van der Waals surface area contributed by atoms with Crippen LogP contribution in [0.1, 0.15) is 10.4 Å². The van der Waals surface area contributed by atoms with Crippen molar-refractivity contribution in [1.29, 1.82) is 0 Å². The molecule has 31 heavy (non-hydrogen) atoms. The number of nitro groups is 1. The molecule has 1 heterocycles. The van der Waals surface area contributed by atoms with Crippen molar-refractivity contribution in [3.63, 3.8) is 0 Å². The van der Waals surface area contributed by atoms with Crippen LogP contribution in [-0.2, 0) is 9.84 Å². The number of aromatic amines is 1. The first kappa shape index (κ1) is 21.7. The number of nitro benzene ring substituents is 1. The van der Waals surface area contributed by atoms with Gasteiger partial charge in [-0.25, -0.2) is 8.42 Å². The zero-order valence-corrected chi connectivity index (χ0v) is 17.4. The third kappa shape index (κ3) is 4.61. The number of benzene rings is 2. The molecule has 0 aliphatic rings. The molecule has 0 aliphatic carbocycles. The van der Waals surface area contributed by atoms with E-state index in [4.69, 9.17) is 9.47 Å². The molecular weight excluding hydrogens is 430 g/mol. The summed E-state index contributed by atoms with van der Waals surface area (Å²) in [6.07, 6.45) is 0.845. The quantitative estimate of drug-likeness (QED) is 0.407. The Balaban J connectivity index is 1.87. The Morgan fingerprint density at radius 2 is 1.90 bits per heavy atom. The van der Waals surface area contributed by atoms with Gasteiger partial charge in [0, 0.05) is 24.0 Å². The van der Waals surface area contributed by atoms with Gasteiger partial charge < -0.3 is 9.47 Å². The number of hydrogen-bond acceptors (Lipinski definition) is 9. The van der Waals surface area contributed by atoms with Gasteiger partial charge in [-0.2, -0.15) is 4.98 Å². The van der Waals surface area contributed by atoms with E-state index in [0.717, 1.165) is 18.4 Å². The van der Waals surface area contributed by atoms with Crippen molar-refractivity contribution in [2.24, 2.45) is 0 Å². The zero-order valence-electron chi connectivity index (χ0n) is 16.6. The van der Waals surface area contributed by atoms with E-state index in [1.54, 1.807) is 18.2 Å². The third-order valence-electron chi connectivity index (χ3n) is 4.19. The number of carbonyl (C=O) groups is 1. The molecule has 3 aromatic rings. The molecule has 0 atom stereocenters. The van der Waals surface area contributed by atoms with E-state index in [0.29, 0.717) is 22.9 Å². The van der Waals surface area contributed by atoms with Crippen LogP contribution in [-0.4, -0.2) is 54.9 Å². The summed E-state index contributed by atoms with van der Waals surface area (Å²) < 4.78 is 33.9. The predicted molar refractivity (Wildman–Crippen MR) is 109 cm³/mol. The van der Waals surface area contributed by atoms with Crippen molar-refractivity contribution >= 4 is 27.4 Å². The first-order valence-electron chi connectivity index (χ1n) is 8.58. The molecule has 0 fully saturated rings. The second kappa shape index (κ2) is 8.39. The molecule has 0 saturated heterocycles. The number of hydrogen-bond donors (Lipinski definition) is 2. The van der Waals surface area contributed by atoms with E-state index in [-0.39, 0.29) is 11.5 Å². The van der Waals surface area contributed by atoms with Crippen LogP contribution in [0, 0.1) is 10.1 Å². The lowest BCUT2D eigenvalue weighted by molar-refractivity contribution is -0.387. The van der Waals surface area contributed by atoms with Gasteiger partial charge in [-0.1, -0.05) is 0 Å². The van der Waals surface area contributed by atoms with Gasteiger partial charge in [0.15, 0.2) is 15.7 Å². The topological polar surface area (TPSA) is 166 Å². The molecule has 0 unspecified atom stereocenters. The summed E-state index contributed by atoms with van der Waals surface area (Å²) in [5, 5.41) is 20.2. The Morgan fingerprint density at radius 3 is 2.52 bits per heavy atom. The summed E-state index contributed by atoms with van der Waals surface area (Å²) in [4.78, 5) is 26.5. The number of ether oxygens (including phenoxy) is 2. The minimum atomic E-state index is -3.84. The minimum absolute atomic E-state index is 0.0901. The summed E-state index contributed by atoms with van der Waals surface area (Å²) in [7, 11) is -0.849. The Hall–Kier alpha value is -4.00. The fourth-order valence-electron chi connectivity index (χ4n) is 2.72. The number of nitrogens with one attached hydrogen (secondary N) is 2. The monoisotopic (exact) mass is 447 g/mol. The van der Waals surface area contributed by atoms with Crippen LogP contribution in [0.2, 0.25) is 0 Å². The first-order chi connectivity index (χ1) is 14.6. The maximum Gasteiger partial charge on any atom is 0.288 e. The van der Waals surface area contributed by atoms with Crippen LogP contribution >= 0.6 is 0 Å². The molecule has 0 aliphatic heterocycles. The van der Waals surface area contributed by atoms with Crippen molar-refractivity contribution in [3.05, 3.63) is 52.1 Å². The van der Waals surface area contributed by atoms with Gasteiger partial charge in [0.05, 0.1) is 24.7 Å². The van der Waals surface area contributed by atoms with Gasteiger partial charge in [-0.3, -0.25) is 25.3 Å². The summed E-state index contributed by atoms with van der Waals surface area (Å²) in [6, 6.07) is 8.09. The average molecular weight is 447 g/mol. The van der Waals surface area contributed by atoms with Crippen LogP contribution in [0.3, 0.4) is 0 Å². The predicted octanol–water partition coefficient (Wildman–Crippen LogP) is 2.05. The van der Waals surface area contributed by atoms with E-state index in [2.05, 4.69) is 20.5 Å². The Morgan fingerprint density at radius 1 is 1.16 bits per heavy atom. The molecule has 2 aromatic carbocycles. The lowest BCUT2D eigenvalue weighted by Gasteiger charge is -2.07. The van der Waals surface area contributed by atoms with Gasteiger partial charge in [0.2, 0.25) is 5.95 Å². The highest BCUT2D eigenvalue weighted by atomic mass is 32.2. The summed E-state index contributed by atoms with van der Waals surface area (Å²) in [6.45, 7) is 0. The zero-order chi connectivity index (χ0) is 22.8. The molecule has 12 nitrogen and oxygen atoms in total. The van der Waals surface area contributed by atoms with E-state index in [1.807, 2.05) is 0 Å². The van der Waals surface area contributed by atoms with E-state index in [9.17, 15) is 23.3 Å². The molecule has 1 amide bonds. The smallest absolute Gasteiger partial charge is 0.288 e. The highest BCUT2D eigenvalue weighted by Crippen LogP contribution is 2.31.